The van der Waals surface area contributed by atoms with Gasteiger partial charge in [0.1, 0.15) is 8.24 Å². The molecule has 1 heterocycles. The second kappa shape index (κ2) is 3.31. The molecule has 1 saturated heterocycles. The van der Waals surface area contributed by atoms with E-state index in [1.807, 2.05) is 5.37 Å². The zero-order chi connectivity index (χ0) is 8.48. The molecule has 11 heavy (non-hydrogen) atoms. The Morgan fingerprint density at radius 2 is 2.18 bits per heavy atom. The molecule has 4 heteroatoms. The Kier molecular flexibility index (Phi) is 2.80. The molecule has 1 atom stereocenters. The SMILES string of the molecule is C[Si](C)(C)N1CCNC1C=S. The normalized spacial score (nSPS) is 27.4. The Labute approximate surface area is 75.1 Å². The standard InChI is InChI=1S/C7H16N2SSi/c1-11(2,3)9-5-4-8-7(9)6-10/h6-8H,4-5H2,1-3H3. The molecule has 1 unspecified atom stereocenters. The molecule has 1 N–H and O–H groups in total. The molecule has 0 aromatic heterocycles. The van der Waals surface area contributed by atoms with Gasteiger partial charge in [-0.3, -0.25) is 5.32 Å². The maximum Gasteiger partial charge on any atom is 0.121 e. The lowest BCUT2D eigenvalue weighted by Gasteiger charge is -2.32. The van der Waals surface area contributed by atoms with Gasteiger partial charge in [0.05, 0.1) is 6.17 Å². The van der Waals surface area contributed by atoms with Crippen molar-refractivity contribution in [2.45, 2.75) is 25.8 Å². The number of nitrogens with zero attached hydrogens (tertiary/aromatic N) is 1. The summed E-state index contributed by atoms with van der Waals surface area (Å²) < 4.78 is 2.51. The van der Waals surface area contributed by atoms with Crippen LogP contribution >= 0.6 is 12.2 Å². The van der Waals surface area contributed by atoms with Crippen molar-refractivity contribution in [3.63, 3.8) is 0 Å². The zero-order valence-corrected chi connectivity index (χ0v) is 9.24. The van der Waals surface area contributed by atoms with Crippen molar-refractivity contribution in [1.29, 1.82) is 0 Å². The summed E-state index contributed by atoms with van der Waals surface area (Å²) in [4.78, 5) is 0. The van der Waals surface area contributed by atoms with Crippen LogP contribution in [0.15, 0.2) is 0 Å². The average molecular weight is 188 g/mol. The van der Waals surface area contributed by atoms with Gasteiger partial charge in [0.15, 0.2) is 0 Å². The van der Waals surface area contributed by atoms with E-state index in [4.69, 9.17) is 12.2 Å². The van der Waals surface area contributed by atoms with Crippen molar-refractivity contribution < 1.29 is 0 Å². The first-order valence-electron chi connectivity index (χ1n) is 4.01. The van der Waals surface area contributed by atoms with Crippen LogP contribution in [0, 0.1) is 0 Å². The third-order valence-electron chi connectivity index (χ3n) is 2.03. The second-order valence-electron chi connectivity index (χ2n) is 3.90. The molecule has 1 aliphatic heterocycles. The average Bonchev–Trinajstić information content (AvgIpc) is 2.31. The smallest absolute Gasteiger partial charge is 0.121 e. The van der Waals surface area contributed by atoms with Gasteiger partial charge in [0.25, 0.3) is 0 Å². The van der Waals surface area contributed by atoms with Crippen LogP contribution in [0.3, 0.4) is 0 Å². The van der Waals surface area contributed by atoms with E-state index in [2.05, 4.69) is 29.5 Å². The second-order valence-corrected chi connectivity index (χ2v) is 9.09. The van der Waals surface area contributed by atoms with Crippen LogP contribution in [0.4, 0.5) is 0 Å². The van der Waals surface area contributed by atoms with E-state index in [1.54, 1.807) is 0 Å². The van der Waals surface area contributed by atoms with Crippen LogP contribution < -0.4 is 5.32 Å². The molecule has 64 valence electrons. The Bertz CT molecular complexity index is 155. The monoisotopic (exact) mass is 188 g/mol. The number of hydrogen-bond donors (Lipinski definition) is 1. The van der Waals surface area contributed by atoms with Gasteiger partial charge in [-0.25, -0.2) is 0 Å². The fraction of sp³-hybridized carbons (Fsp3) is 0.857. The maximum absolute atomic E-state index is 4.95. The summed E-state index contributed by atoms with van der Waals surface area (Å²) in [7, 11) is -1.14. The van der Waals surface area contributed by atoms with Gasteiger partial charge >= 0.3 is 0 Å². The molecule has 1 rings (SSSR count). The third kappa shape index (κ3) is 2.08. The summed E-state index contributed by atoms with van der Waals surface area (Å²) >= 11 is 4.95. The van der Waals surface area contributed by atoms with E-state index in [0.29, 0.717) is 6.17 Å². The van der Waals surface area contributed by atoms with Crippen molar-refractivity contribution in [2.75, 3.05) is 13.1 Å². The van der Waals surface area contributed by atoms with Crippen LogP contribution in [0.5, 0.6) is 0 Å². The first kappa shape index (κ1) is 9.32. The highest BCUT2D eigenvalue weighted by atomic mass is 32.1. The lowest BCUT2D eigenvalue weighted by molar-refractivity contribution is 0.464. The van der Waals surface area contributed by atoms with Gasteiger partial charge in [0.2, 0.25) is 0 Å². The molecule has 0 amide bonds. The first-order chi connectivity index (χ1) is 5.05. The van der Waals surface area contributed by atoms with E-state index in [-0.39, 0.29) is 0 Å². The molecule has 1 aliphatic rings. The molecule has 0 aromatic rings. The van der Waals surface area contributed by atoms with Crippen molar-refractivity contribution >= 4 is 25.8 Å². The van der Waals surface area contributed by atoms with E-state index >= 15 is 0 Å². The fourth-order valence-electron chi connectivity index (χ4n) is 1.46. The topological polar surface area (TPSA) is 15.3 Å². The summed E-state index contributed by atoms with van der Waals surface area (Å²) in [5.74, 6) is 0. The fourth-order valence-corrected chi connectivity index (χ4v) is 3.59. The van der Waals surface area contributed by atoms with Crippen LogP contribution in [-0.4, -0.2) is 37.4 Å². The highest BCUT2D eigenvalue weighted by Gasteiger charge is 2.32. The van der Waals surface area contributed by atoms with Crippen molar-refractivity contribution in [2.24, 2.45) is 0 Å². The molecule has 0 spiro atoms. The molecular weight excluding hydrogens is 172 g/mol. The van der Waals surface area contributed by atoms with E-state index in [0.717, 1.165) is 13.1 Å². The van der Waals surface area contributed by atoms with Gasteiger partial charge in [-0.15, -0.1) is 0 Å². The van der Waals surface area contributed by atoms with Crippen LogP contribution in [0.2, 0.25) is 19.6 Å². The molecule has 0 saturated carbocycles. The largest absolute Gasteiger partial charge is 0.304 e. The highest BCUT2D eigenvalue weighted by molar-refractivity contribution is 7.79. The number of nitrogens with one attached hydrogen (secondary N) is 1. The summed E-state index contributed by atoms with van der Waals surface area (Å²) in [6, 6.07) is 0. The zero-order valence-electron chi connectivity index (χ0n) is 7.42. The first-order valence-corrected chi connectivity index (χ1v) is 7.93. The number of rotatable bonds is 2. The van der Waals surface area contributed by atoms with Crippen LogP contribution in [0.25, 0.3) is 0 Å². The number of thiocarbonyl (C=S) groups is 1. The van der Waals surface area contributed by atoms with Gasteiger partial charge in [-0.1, -0.05) is 31.9 Å². The quantitative estimate of drug-likeness (QED) is 0.515. The minimum absolute atomic E-state index is 0.358. The van der Waals surface area contributed by atoms with E-state index < -0.39 is 8.24 Å². The van der Waals surface area contributed by atoms with Crippen LogP contribution in [0.1, 0.15) is 0 Å². The molecular formula is C7H16N2SSi. The summed E-state index contributed by atoms with van der Waals surface area (Å²) in [5.41, 5.74) is 0. The summed E-state index contributed by atoms with van der Waals surface area (Å²) in [5, 5.41) is 5.20. The predicted octanol–water partition coefficient (Wildman–Crippen LogP) is 1.05. The van der Waals surface area contributed by atoms with Gasteiger partial charge < -0.3 is 4.57 Å². The maximum atomic E-state index is 4.95. The lowest BCUT2D eigenvalue weighted by atomic mass is 10.6. The highest BCUT2D eigenvalue weighted by Crippen LogP contribution is 2.14. The van der Waals surface area contributed by atoms with Crippen molar-refractivity contribution in [3.05, 3.63) is 0 Å². The Balaban J connectivity index is 2.63. The summed E-state index contributed by atoms with van der Waals surface area (Å²) in [6.07, 6.45) is 0.358. The Morgan fingerprint density at radius 3 is 2.55 bits per heavy atom. The minimum Gasteiger partial charge on any atom is -0.304 e. The molecule has 0 radical (unpaired) electrons. The Morgan fingerprint density at radius 1 is 1.55 bits per heavy atom. The van der Waals surface area contributed by atoms with Crippen molar-refractivity contribution in [3.8, 4) is 0 Å². The lowest BCUT2D eigenvalue weighted by Crippen LogP contribution is -2.51. The van der Waals surface area contributed by atoms with Gasteiger partial charge in [0, 0.05) is 18.5 Å². The minimum atomic E-state index is -1.14. The van der Waals surface area contributed by atoms with Gasteiger partial charge in [-0.2, -0.15) is 0 Å². The Hall–Kier alpha value is 0.227. The molecule has 0 bridgehead atoms. The molecule has 1 fully saturated rings. The van der Waals surface area contributed by atoms with Crippen LogP contribution in [-0.2, 0) is 0 Å². The summed E-state index contributed by atoms with van der Waals surface area (Å²) in [6.45, 7) is 9.30. The predicted molar refractivity (Wildman–Crippen MR) is 55.5 cm³/mol. The van der Waals surface area contributed by atoms with E-state index in [1.165, 1.54) is 0 Å². The van der Waals surface area contributed by atoms with E-state index in [9.17, 15) is 0 Å². The number of hydrogen-bond acceptors (Lipinski definition) is 3. The molecule has 0 aliphatic carbocycles. The molecule has 2 nitrogen and oxygen atoms in total. The molecule has 0 aromatic carbocycles. The third-order valence-corrected chi connectivity index (χ3v) is 4.52. The van der Waals surface area contributed by atoms with Gasteiger partial charge in [-0.05, 0) is 0 Å². The van der Waals surface area contributed by atoms with Crippen molar-refractivity contribution in [1.82, 2.24) is 9.88 Å².